The van der Waals surface area contributed by atoms with Crippen LogP contribution in [0.3, 0.4) is 0 Å². The van der Waals surface area contributed by atoms with E-state index in [2.05, 4.69) is 70.4 Å². The molecule has 1 aromatic heterocycles. The average molecular weight is 1550 g/mol. The van der Waals surface area contributed by atoms with E-state index in [9.17, 15) is 68.1 Å². The third kappa shape index (κ3) is 32.5. The number of rotatable bonds is 39. The van der Waals surface area contributed by atoms with Gasteiger partial charge < -0.3 is 95.2 Å². The summed E-state index contributed by atoms with van der Waals surface area (Å²) in [5.74, 6) is -9.74. The number of Topliss-reactive ketones (excluding diaryl/α,β-unsaturated/α-hetero) is 1. The SMILES string of the molecule is CCCCCCCCCCCCCCCC(=O)NCCC(=O)N[C@@H](Cc1ccc(O)cc1)C(=O)N[C@@H](CO)C(=O)N[C@@H](CCCC)C(=O)N[C@H]1CCC(=O)CNCCCC[C@@H](C(N)=O)NC(=O)[C@H](Cc2c[nH]c3ccccc23)NC(=O)[C@H](CCCNC(=N)N)NC(=O)[C@@H](Cc2ccccc2)NC(=O)[C@@H]2C[C@@H](O)CN2C1=O. The first-order chi connectivity index (χ1) is 53.5. The van der Waals surface area contributed by atoms with Crippen molar-refractivity contribution in [2.75, 3.05) is 39.3 Å². The van der Waals surface area contributed by atoms with Gasteiger partial charge in [0.15, 0.2) is 5.96 Å². The second-order valence-electron chi connectivity index (χ2n) is 29.1. The zero-order chi connectivity index (χ0) is 80.5. The minimum Gasteiger partial charge on any atom is -0.508 e. The van der Waals surface area contributed by atoms with Gasteiger partial charge in [0.25, 0.3) is 0 Å². The number of benzene rings is 3. The Morgan fingerprint density at radius 1 is 0.604 bits per heavy atom. The van der Waals surface area contributed by atoms with Gasteiger partial charge >= 0.3 is 0 Å². The van der Waals surface area contributed by atoms with E-state index >= 15 is 4.79 Å². The van der Waals surface area contributed by atoms with Crippen molar-refractivity contribution in [1.82, 2.24) is 68.4 Å². The third-order valence-electron chi connectivity index (χ3n) is 20.0. The van der Waals surface area contributed by atoms with Gasteiger partial charge in [-0.3, -0.25) is 62.9 Å². The molecule has 610 valence electrons. The molecule has 11 amide bonds. The van der Waals surface area contributed by atoms with Crippen LogP contribution < -0.4 is 70.0 Å². The summed E-state index contributed by atoms with van der Waals surface area (Å²) in [7, 11) is 0. The van der Waals surface area contributed by atoms with Crippen molar-refractivity contribution in [2.45, 2.75) is 261 Å². The number of nitrogens with two attached hydrogens (primary N) is 2. The molecule has 2 fully saturated rings. The molecule has 3 heterocycles. The van der Waals surface area contributed by atoms with E-state index in [0.29, 0.717) is 55.2 Å². The van der Waals surface area contributed by atoms with Gasteiger partial charge in [-0.05, 0) is 92.8 Å². The van der Waals surface area contributed by atoms with Gasteiger partial charge in [-0.1, -0.05) is 164 Å². The van der Waals surface area contributed by atoms with Crippen LogP contribution in [-0.2, 0) is 76.8 Å². The quantitative estimate of drug-likeness (QED) is 0.0173. The lowest BCUT2D eigenvalue weighted by Gasteiger charge is -2.31. The molecule has 6 rings (SSSR count). The summed E-state index contributed by atoms with van der Waals surface area (Å²) in [6, 6.07) is 8.47. The Kier molecular flexibility index (Phi) is 39.9. The highest BCUT2D eigenvalue weighted by Gasteiger charge is 2.44. The lowest BCUT2D eigenvalue weighted by atomic mass is 10.0. The Labute approximate surface area is 650 Å². The number of fused-ring (bicyclic) bond motifs is 2. The van der Waals surface area contributed by atoms with Gasteiger partial charge in [0, 0.05) is 81.7 Å². The first kappa shape index (κ1) is 89.9. The van der Waals surface area contributed by atoms with Crippen molar-refractivity contribution in [3.63, 3.8) is 0 Å². The molecule has 10 atom stereocenters. The fourth-order valence-electron chi connectivity index (χ4n) is 13.7. The van der Waals surface area contributed by atoms with E-state index in [1.54, 1.807) is 42.6 Å². The largest absolute Gasteiger partial charge is 0.508 e. The number of phenolic OH excluding ortho intramolecular Hbond substituents is 1. The van der Waals surface area contributed by atoms with Crippen molar-refractivity contribution in [2.24, 2.45) is 11.5 Å². The van der Waals surface area contributed by atoms with E-state index < -0.39 is 138 Å². The topological polar surface area (TPSA) is 493 Å². The minimum atomic E-state index is -1.72. The molecule has 3 aromatic carbocycles. The summed E-state index contributed by atoms with van der Waals surface area (Å²) in [5, 5.41) is 70.5. The van der Waals surface area contributed by atoms with E-state index in [-0.39, 0.29) is 114 Å². The highest BCUT2D eigenvalue weighted by atomic mass is 16.3. The molecular weight excluding hydrogens is 1420 g/mol. The van der Waals surface area contributed by atoms with Crippen molar-refractivity contribution in [3.8, 4) is 5.75 Å². The summed E-state index contributed by atoms with van der Waals surface area (Å²) in [6.07, 6.45) is 15.6. The summed E-state index contributed by atoms with van der Waals surface area (Å²) in [4.78, 5) is 175. The maximum atomic E-state index is 15.2. The van der Waals surface area contributed by atoms with E-state index in [0.717, 1.165) is 35.1 Å². The molecule has 2 aliphatic heterocycles. The number of H-pyrrole nitrogens is 1. The minimum absolute atomic E-state index is 0.0255. The number of aliphatic hydroxyl groups excluding tert-OH is 2. The Bertz CT molecular complexity index is 3660. The van der Waals surface area contributed by atoms with Crippen LogP contribution >= 0.6 is 0 Å². The first-order valence-electron chi connectivity index (χ1n) is 39.7. The number of hydrogen-bond donors (Lipinski definition) is 18. The number of carbonyl (C=O) groups is 12. The van der Waals surface area contributed by atoms with Crippen molar-refractivity contribution in [1.29, 1.82) is 5.41 Å². The van der Waals surface area contributed by atoms with Crippen LogP contribution in [-0.4, -0.2) is 202 Å². The molecule has 4 aromatic rings. The molecule has 0 bridgehead atoms. The molecule has 20 N–H and O–H groups in total. The predicted molar refractivity (Wildman–Crippen MR) is 419 cm³/mol. The van der Waals surface area contributed by atoms with Crippen molar-refractivity contribution < 1.29 is 72.9 Å². The number of aromatic nitrogens is 1. The lowest BCUT2D eigenvalue weighted by Crippen LogP contribution is -2.61. The molecule has 0 spiro atoms. The van der Waals surface area contributed by atoms with Crippen LogP contribution in [0, 0.1) is 5.41 Å². The number of aliphatic hydroxyl groups is 2. The average Bonchev–Trinajstić information content (AvgIpc) is 1.71. The van der Waals surface area contributed by atoms with Crippen LogP contribution in [0.2, 0.25) is 0 Å². The zero-order valence-corrected chi connectivity index (χ0v) is 64.4. The van der Waals surface area contributed by atoms with E-state index in [1.807, 2.05) is 25.1 Å². The third-order valence-corrected chi connectivity index (χ3v) is 20.0. The van der Waals surface area contributed by atoms with Gasteiger partial charge in [0.1, 0.15) is 65.9 Å². The second kappa shape index (κ2) is 49.3. The normalized spacial score (nSPS) is 20.1. The van der Waals surface area contributed by atoms with Crippen LogP contribution in [0.5, 0.6) is 5.75 Å². The summed E-state index contributed by atoms with van der Waals surface area (Å²) < 4.78 is 0. The van der Waals surface area contributed by atoms with Crippen LogP contribution in [0.25, 0.3) is 10.9 Å². The molecule has 31 nitrogen and oxygen atoms in total. The number of amides is 11. The number of unbranched alkanes of at least 4 members (excludes halogenated alkanes) is 13. The van der Waals surface area contributed by atoms with E-state index in [1.165, 1.54) is 82.1 Å². The van der Waals surface area contributed by atoms with Crippen LogP contribution in [0.4, 0.5) is 0 Å². The number of nitrogens with one attached hydrogen (secondary N) is 13. The summed E-state index contributed by atoms with van der Waals surface area (Å²) in [6.45, 7) is 2.65. The number of ketones is 1. The Morgan fingerprint density at radius 2 is 1.22 bits per heavy atom. The fraction of sp³-hybridized carbons (Fsp3) is 0.588. The fourth-order valence-corrected chi connectivity index (χ4v) is 13.7. The van der Waals surface area contributed by atoms with Gasteiger partial charge in [-0.25, -0.2) is 0 Å². The summed E-state index contributed by atoms with van der Waals surface area (Å²) in [5.41, 5.74) is 13.9. The maximum absolute atomic E-state index is 15.2. The monoisotopic (exact) mass is 1540 g/mol. The number of carbonyl (C=O) groups excluding carboxylic acids is 12. The number of aromatic amines is 1. The molecule has 0 aliphatic carbocycles. The number of para-hydroxylation sites is 1. The number of guanidine groups is 1. The molecule has 0 radical (unpaired) electrons. The second-order valence-corrected chi connectivity index (χ2v) is 29.1. The van der Waals surface area contributed by atoms with Gasteiger partial charge in [0.2, 0.25) is 65.0 Å². The Morgan fingerprint density at radius 3 is 1.89 bits per heavy atom. The highest BCUT2D eigenvalue weighted by molar-refractivity contribution is 5.99. The zero-order valence-electron chi connectivity index (χ0n) is 64.4. The summed E-state index contributed by atoms with van der Waals surface area (Å²) >= 11 is 0. The first-order valence-corrected chi connectivity index (χ1v) is 39.7. The number of phenols is 1. The van der Waals surface area contributed by atoms with E-state index in [4.69, 9.17) is 16.9 Å². The number of nitrogens with zero attached hydrogens (tertiary/aromatic N) is 1. The molecule has 0 saturated carbocycles. The number of primary amides is 1. The van der Waals surface area contributed by atoms with Crippen LogP contribution in [0.1, 0.15) is 197 Å². The molecule has 111 heavy (non-hydrogen) atoms. The van der Waals surface area contributed by atoms with Crippen molar-refractivity contribution >= 4 is 87.6 Å². The highest BCUT2D eigenvalue weighted by Crippen LogP contribution is 2.24. The smallest absolute Gasteiger partial charge is 0.245 e. The molecule has 0 unspecified atom stereocenters. The molecule has 31 heteroatoms. The number of aromatic hydroxyl groups is 1. The molecule has 2 aliphatic rings. The Hall–Kier alpha value is -10.0. The number of hydrogen-bond acceptors (Lipinski definition) is 17. The van der Waals surface area contributed by atoms with Crippen molar-refractivity contribution in [3.05, 3.63) is 102 Å². The lowest BCUT2D eigenvalue weighted by molar-refractivity contribution is -0.143. The van der Waals surface area contributed by atoms with Crippen LogP contribution in [0.15, 0.2) is 85.1 Å². The van der Waals surface area contributed by atoms with Gasteiger partial charge in [-0.2, -0.15) is 0 Å². The molecular formula is C80H120N16O15. The predicted octanol–water partition coefficient (Wildman–Crippen LogP) is 2.78. The van der Waals surface area contributed by atoms with Gasteiger partial charge in [-0.15, -0.1) is 0 Å². The molecule has 2 saturated heterocycles. The standard InChI is InChI=1S/C80H120N16O15/c1-3-5-7-8-9-10-11-12-13-14-15-16-20-33-69(101)85-43-40-70(102)88-64(45-53-34-36-55(98)37-35-53)74(106)95-67(51-97)77(109)91-61(29-6-4-2)72(104)92-63-39-38-56(99)49-84-41-24-23-31-60(71(81)103)89-76(108)66(46-54-48-87-59-30-22-21-28-58(54)59)93-73(105)62(32-25-42-86-80(82)83)90-75(107)65(44-52-26-18-17-19-27-52)94-78(110)68-47-57(100)50-96(68)79(63)111/h17-19,21-22,26-28,30,34-37,48,57,60-68,84,87,97-98,100H,3-16,20,23-25,29,31-33,38-47,49-51H2,1-2H3,(H2,81,103)(H,85,101)(H,88,102)(H,89,108)(H,90,107)(H,91,109)(H,92,104)(H,93,105)(H,94,110)(H,95,106)(H4,82,83,86)/t57-,60+,61+,62+,63+,64+,65-,66+,67+,68+/m1/s1. The Balaban J connectivity index is 1.20. The maximum Gasteiger partial charge on any atom is 0.245 e. The van der Waals surface area contributed by atoms with Gasteiger partial charge in [0.05, 0.1) is 19.3 Å².